The number of aliphatic hydroxyl groups is 3. The van der Waals surface area contributed by atoms with E-state index >= 15 is 0 Å². The number of esters is 1. The van der Waals surface area contributed by atoms with Gasteiger partial charge in [0.2, 0.25) is 15.8 Å². The van der Waals surface area contributed by atoms with Crippen molar-refractivity contribution in [1.82, 2.24) is 9.62 Å². The van der Waals surface area contributed by atoms with Crippen molar-refractivity contribution < 1.29 is 76.1 Å². The van der Waals surface area contributed by atoms with Gasteiger partial charge in [-0.05, 0) is 96.0 Å². The molecule has 2 aliphatic heterocycles. The summed E-state index contributed by atoms with van der Waals surface area (Å²) in [6.45, 7) is 11.8. The van der Waals surface area contributed by atoms with Gasteiger partial charge in [-0.3, -0.25) is 19.2 Å². The van der Waals surface area contributed by atoms with Crippen molar-refractivity contribution >= 4 is 39.2 Å². The number of methoxy groups -OCH3 is 3. The number of rotatable bonds is 13. The number of hydrogen-bond donors (Lipinski definition) is 4. The molecule has 7 unspecified atom stereocenters. The molecule has 18 nitrogen and oxygen atoms in total. The molecule has 1 aliphatic carbocycles. The predicted molar refractivity (Wildman–Crippen MR) is 266 cm³/mol. The van der Waals surface area contributed by atoms with Crippen molar-refractivity contribution in [3.63, 3.8) is 0 Å². The molecule has 404 valence electrons. The van der Waals surface area contributed by atoms with E-state index in [0.29, 0.717) is 56.5 Å². The van der Waals surface area contributed by atoms with E-state index in [2.05, 4.69) is 4.72 Å². The number of ether oxygens (including phenoxy) is 6. The molecule has 1 saturated carbocycles. The number of Topliss-reactive ketones (excluding diaryl/α,β-unsaturated/α-hetero) is 3. The number of allylic oxidation sites excluding steroid dienone is 6. The molecule has 3 aliphatic rings. The fourth-order valence-corrected chi connectivity index (χ4v) is 10.6. The van der Waals surface area contributed by atoms with E-state index < -0.39 is 100 Å². The van der Waals surface area contributed by atoms with Crippen LogP contribution in [0, 0.1) is 29.6 Å². The van der Waals surface area contributed by atoms with Crippen molar-refractivity contribution in [1.29, 1.82) is 0 Å². The van der Waals surface area contributed by atoms with Gasteiger partial charge in [-0.2, -0.15) is 0 Å². The molecule has 0 aromatic heterocycles. The molecule has 0 aromatic carbocycles. The molecule has 71 heavy (non-hydrogen) atoms. The molecule has 2 fully saturated rings. The smallest absolute Gasteiger partial charge is 0.328 e. The highest BCUT2D eigenvalue weighted by molar-refractivity contribution is 7.89. The van der Waals surface area contributed by atoms with Gasteiger partial charge in [0.15, 0.2) is 5.78 Å². The third kappa shape index (κ3) is 18.1. The Morgan fingerprint density at radius 2 is 1.61 bits per heavy atom. The molecule has 0 radical (unpaired) electrons. The minimum absolute atomic E-state index is 0.0451. The normalized spacial score (nSPS) is 36.3. The quantitative estimate of drug-likeness (QED) is 0.0867. The third-order valence-electron chi connectivity index (χ3n) is 14.5. The van der Waals surface area contributed by atoms with E-state index in [1.54, 1.807) is 79.2 Å². The molecule has 14 atom stereocenters. The van der Waals surface area contributed by atoms with Crippen LogP contribution in [0.25, 0.3) is 0 Å². The van der Waals surface area contributed by atoms with Crippen molar-refractivity contribution in [2.24, 2.45) is 29.6 Å². The fourth-order valence-electron chi connectivity index (χ4n) is 9.48. The average molecular weight is 1030 g/mol. The van der Waals surface area contributed by atoms with Crippen LogP contribution < -0.4 is 4.72 Å². The molecular weight excluding hydrogens is 941 g/mol. The summed E-state index contributed by atoms with van der Waals surface area (Å²) < 4.78 is 63.2. The number of amides is 1. The lowest BCUT2D eigenvalue weighted by Crippen LogP contribution is -2.59. The summed E-state index contributed by atoms with van der Waals surface area (Å²) in [7, 11) is 1.81. The first-order valence-corrected chi connectivity index (χ1v) is 26.7. The van der Waals surface area contributed by atoms with Crippen LogP contribution in [-0.2, 0) is 62.4 Å². The number of sulfonamides is 1. The number of fused-ring (bicyclic) bond motifs is 2. The van der Waals surface area contributed by atoms with Crippen LogP contribution in [0.5, 0.6) is 0 Å². The second kappa shape index (κ2) is 29.4. The predicted octanol–water partition coefficient (Wildman–Crippen LogP) is 4.34. The summed E-state index contributed by atoms with van der Waals surface area (Å²) in [6.07, 6.45) is 9.47. The van der Waals surface area contributed by atoms with Gasteiger partial charge in [0.1, 0.15) is 30.1 Å². The summed E-state index contributed by atoms with van der Waals surface area (Å²) in [4.78, 5) is 70.8. The third-order valence-corrected chi connectivity index (χ3v) is 15.8. The molecule has 0 spiro atoms. The van der Waals surface area contributed by atoms with Gasteiger partial charge in [-0.15, -0.1) is 0 Å². The molecular formula is C52H84N2O16S. The Bertz CT molecular complexity index is 2000. The maximum Gasteiger partial charge on any atom is 0.328 e. The Balaban J connectivity index is 2.03. The van der Waals surface area contributed by atoms with E-state index in [-0.39, 0.29) is 54.9 Å². The lowest BCUT2D eigenvalue weighted by Gasteiger charge is -2.42. The van der Waals surface area contributed by atoms with Crippen molar-refractivity contribution in [2.45, 2.75) is 167 Å². The topological polar surface area (TPSA) is 251 Å². The molecule has 19 heteroatoms. The number of hydrogen-bond acceptors (Lipinski definition) is 16. The summed E-state index contributed by atoms with van der Waals surface area (Å²) in [6, 6.07) is -2.27. The first-order valence-electron chi connectivity index (χ1n) is 25.1. The van der Waals surface area contributed by atoms with E-state index in [1.165, 1.54) is 21.1 Å². The molecule has 2 heterocycles. The minimum Gasteiger partial charge on any atom is -0.460 e. The van der Waals surface area contributed by atoms with E-state index in [0.717, 1.165) is 17.7 Å². The number of carbonyl (C=O) groups excluding carboxylic acids is 5. The molecule has 3 rings (SSSR count). The van der Waals surface area contributed by atoms with Gasteiger partial charge >= 0.3 is 5.97 Å². The van der Waals surface area contributed by atoms with Crippen LogP contribution in [0.4, 0.5) is 0 Å². The molecule has 1 saturated heterocycles. The zero-order chi connectivity index (χ0) is 53.2. The second-order valence-electron chi connectivity index (χ2n) is 19.9. The van der Waals surface area contributed by atoms with Gasteiger partial charge in [0.05, 0.1) is 43.9 Å². The summed E-state index contributed by atoms with van der Waals surface area (Å²) in [5.41, 5.74) is 0.894. The standard InChI is InChI=1S/C52H84N2O16S/c1-32-17-15-13-12-14-16-18-33(2)46(57)48(67-11)47(58)36(5)27-34(3)42(56)31-44(35(4)28-39-20-22-43(45(29-39)66-10)68-25-24-65-9)69-51(61)38(7)54(8)50(60)49(59)52(62)37(6)19-21-40(70-52)30-41(32)53-71(63,64)26-23-55/h12-15,17,27,33-35,37-41,43-45,47-48,53,55,58,62H,16,18-26,28-31H2,1-11H3/b14-12-,15-13-,32-17-,36-27-/t33?,34?,35-,37+,38?,39+,40-,41?,43-,44?,45-,47?,48?,52+/m1/s1. The Morgan fingerprint density at radius 1 is 0.901 bits per heavy atom. The first kappa shape index (κ1) is 61.8. The number of nitrogens with one attached hydrogen (secondary N) is 1. The maximum atomic E-state index is 14.1. The highest BCUT2D eigenvalue weighted by Crippen LogP contribution is 2.37. The fraction of sp³-hybridized carbons (Fsp3) is 0.750. The Hall–Kier alpha value is -3.50. The Kier molecular flexibility index (Phi) is 25.6. The zero-order valence-corrected chi connectivity index (χ0v) is 44.7. The largest absolute Gasteiger partial charge is 0.460 e. The number of likely N-dealkylation sites (N-methyl/N-ethyl adjacent to an activating group) is 1. The second-order valence-corrected chi connectivity index (χ2v) is 21.8. The number of cyclic esters (lactones) is 1. The van der Waals surface area contributed by atoms with Crippen LogP contribution >= 0.6 is 0 Å². The summed E-state index contributed by atoms with van der Waals surface area (Å²) in [5, 5.41) is 32.7. The monoisotopic (exact) mass is 1020 g/mol. The van der Waals surface area contributed by atoms with Crippen LogP contribution in [0.3, 0.4) is 0 Å². The zero-order valence-electron chi connectivity index (χ0n) is 43.9. The minimum atomic E-state index is -3.99. The number of carbonyl (C=O) groups is 5. The van der Waals surface area contributed by atoms with Gasteiger partial charge in [0.25, 0.3) is 11.7 Å². The number of nitrogens with zero attached hydrogens (tertiary/aromatic N) is 1. The number of ketones is 3. The van der Waals surface area contributed by atoms with E-state index in [9.17, 15) is 47.7 Å². The number of aliphatic hydroxyl groups excluding tert-OH is 2. The van der Waals surface area contributed by atoms with E-state index in [1.807, 2.05) is 13.0 Å². The van der Waals surface area contributed by atoms with Gasteiger partial charge in [0, 0.05) is 58.6 Å². The Labute approximate surface area is 422 Å². The summed E-state index contributed by atoms with van der Waals surface area (Å²) in [5.74, 6) is -9.69. The molecule has 0 aromatic rings. The van der Waals surface area contributed by atoms with E-state index in [4.69, 9.17) is 28.4 Å². The molecule has 2 bridgehead atoms. The van der Waals surface area contributed by atoms with Gasteiger partial charge in [-0.1, -0.05) is 69.7 Å². The van der Waals surface area contributed by atoms with Crippen LogP contribution in [-0.4, -0.2) is 166 Å². The SMILES string of the molecule is COCCO[C@@H]1CC[C@@H](C[C@@H](C)C2CC(=O)C(C)/C=C(/C)C(O)C(OC)C(=O)C(C)CC\C=C/C=C\C=C(\C)C(NS(=O)(=O)CCO)C[C@H]3CC[C@H](C)[C@](O)(O3)C(=O)C(=O)N(C)C(C)C(=O)O2)C[C@H]1OC. The summed E-state index contributed by atoms with van der Waals surface area (Å²) >= 11 is 0. The highest BCUT2D eigenvalue weighted by Gasteiger charge is 2.52. The van der Waals surface area contributed by atoms with Gasteiger partial charge in [-0.25, -0.2) is 17.9 Å². The van der Waals surface area contributed by atoms with Crippen LogP contribution in [0.2, 0.25) is 0 Å². The van der Waals surface area contributed by atoms with Crippen LogP contribution in [0.15, 0.2) is 47.6 Å². The average Bonchev–Trinajstić information content (AvgIpc) is 3.33. The molecule has 1 amide bonds. The molecule has 4 N–H and O–H groups in total. The highest BCUT2D eigenvalue weighted by atomic mass is 32.2. The first-order chi connectivity index (χ1) is 33.4. The van der Waals surface area contributed by atoms with Crippen molar-refractivity contribution in [2.75, 3.05) is 54.0 Å². The lowest BCUT2D eigenvalue weighted by atomic mass is 9.78. The Morgan fingerprint density at radius 3 is 2.25 bits per heavy atom. The maximum absolute atomic E-state index is 14.1. The van der Waals surface area contributed by atoms with Crippen LogP contribution in [0.1, 0.15) is 113 Å². The van der Waals surface area contributed by atoms with Gasteiger partial charge < -0.3 is 48.6 Å². The lowest BCUT2D eigenvalue weighted by molar-refractivity contribution is -0.263. The van der Waals surface area contributed by atoms with Crippen molar-refractivity contribution in [3.05, 3.63) is 47.6 Å². The van der Waals surface area contributed by atoms with Crippen molar-refractivity contribution in [3.8, 4) is 0 Å².